The predicted molar refractivity (Wildman–Crippen MR) is 81.4 cm³/mol. The summed E-state index contributed by atoms with van der Waals surface area (Å²) in [5.74, 6) is 0.919. The van der Waals surface area contributed by atoms with Gasteiger partial charge in [0.2, 0.25) is 5.28 Å². The van der Waals surface area contributed by atoms with Gasteiger partial charge in [0.15, 0.2) is 11.5 Å². The molecule has 0 fully saturated rings. The summed E-state index contributed by atoms with van der Waals surface area (Å²) in [5, 5.41) is 7.66. The molecule has 0 aliphatic rings. The third kappa shape index (κ3) is 2.80. The van der Waals surface area contributed by atoms with Crippen molar-refractivity contribution in [2.45, 2.75) is 26.3 Å². The molecule has 3 rings (SSSR count). The lowest BCUT2D eigenvalue weighted by atomic mass is 10.2. The van der Waals surface area contributed by atoms with E-state index in [1.54, 1.807) is 23.1 Å². The summed E-state index contributed by atoms with van der Waals surface area (Å²) in [5.41, 5.74) is 2.73. The minimum absolute atomic E-state index is 0.191. The van der Waals surface area contributed by atoms with E-state index in [2.05, 4.69) is 39.2 Å². The molecule has 0 atom stereocenters. The van der Waals surface area contributed by atoms with Gasteiger partial charge < -0.3 is 5.32 Å². The molecule has 0 spiro atoms. The van der Waals surface area contributed by atoms with Crippen molar-refractivity contribution >= 4 is 23.1 Å². The van der Waals surface area contributed by atoms with E-state index in [0.717, 1.165) is 11.3 Å². The molecule has 3 aromatic heterocycles. The van der Waals surface area contributed by atoms with Crippen LogP contribution < -0.4 is 5.32 Å². The van der Waals surface area contributed by atoms with Crippen molar-refractivity contribution < 1.29 is 0 Å². The zero-order valence-electron chi connectivity index (χ0n) is 11.8. The first-order chi connectivity index (χ1) is 10.1. The highest BCUT2D eigenvalue weighted by atomic mass is 35.5. The Balaban J connectivity index is 1.95. The molecule has 0 bridgehead atoms. The van der Waals surface area contributed by atoms with E-state index in [-0.39, 0.29) is 5.28 Å². The van der Waals surface area contributed by atoms with Crippen LogP contribution >= 0.6 is 11.6 Å². The Kier molecular flexibility index (Phi) is 3.70. The summed E-state index contributed by atoms with van der Waals surface area (Å²) in [6.45, 7) is 4.77. The minimum Gasteiger partial charge on any atom is -0.363 e. The second kappa shape index (κ2) is 5.65. The van der Waals surface area contributed by atoms with Gasteiger partial charge in [0, 0.05) is 18.9 Å². The Morgan fingerprint density at radius 3 is 2.90 bits per heavy atom. The van der Waals surface area contributed by atoms with Crippen LogP contribution in [-0.4, -0.2) is 24.6 Å². The maximum Gasteiger partial charge on any atom is 0.243 e. The Bertz CT molecular complexity index is 753. The highest BCUT2D eigenvalue weighted by Crippen LogP contribution is 2.21. The predicted octanol–water partition coefficient (Wildman–Crippen LogP) is 2.91. The standard InChI is InChI=1S/C14H15ClN6/c1-9(2)11-8-18-13-12(19-14(15)20-21(11)13)17-7-10-4-3-5-16-6-10/h3-6,8-9H,7H2,1-2H3,(H,17,19,20). The van der Waals surface area contributed by atoms with Crippen LogP contribution in [0.1, 0.15) is 31.0 Å². The Morgan fingerprint density at radius 1 is 1.33 bits per heavy atom. The van der Waals surface area contributed by atoms with Crippen LogP contribution in [0.15, 0.2) is 30.7 Å². The average molecular weight is 303 g/mol. The molecule has 6 nitrogen and oxygen atoms in total. The maximum absolute atomic E-state index is 6.02. The number of rotatable bonds is 4. The van der Waals surface area contributed by atoms with Crippen LogP contribution in [-0.2, 0) is 6.54 Å². The van der Waals surface area contributed by atoms with Gasteiger partial charge in [-0.2, -0.15) is 4.98 Å². The fourth-order valence-corrected chi connectivity index (χ4v) is 2.23. The van der Waals surface area contributed by atoms with Crippen molar-refractivity contribution in [3.63, 3.8) is 0 Å². The van der Waals surface area contributed by atoms with Crippen molar-refractivity contribution in [3.05, 3.63) is 47.3 Å². The summed E-state index contributed by atoms with van der Waals surface area (Å²) >= 11 is 6.02. The first-order valence-corrected chi connectivity index (χ1v) is 7.07. The van der Waals surface area contributed by atoms with Crippen LogP contribution in [0.5, 0.6) is 0 Å². The van der Waals surface area contributed by atoms with Crippen LogP contribution in [0.25, 0.3) is 5.65 Å². The van der Waals surface area contributed by atoms with Gasteiger partial charge in [-0.3, -0.25) is 4.98 Å². The zero-order chi connectivity index (χ0) is 14.8. The SMILES string of the molecule is CC(C)c1cnc2c(NCc3cccnc3)nc(Cl)nn12. The molecule has 0 aliphatic heterocycles. The molecule has 108 valence electrons. The Morgan fingerprint density at radius 2 is 2.19 bits per heavy atom. The number of pyridine rings is 1. The molecule has 0 saturated carbocycles. The fraction of sp³-hybridized carbons (Fsp3) is 0.286. The third-order valence-electron chi connectivity index (χ3n) is 3.14. The van der Waals surface area contributed by atoms with Gasteiger partial charge in [0.05, 0.1) is 11.9 Å². The molecule has 0 saturated heterocycles. The molecular weight excluding hydrogens is 288 g/mol. The molecule has 0 unspecified atom stereocenters. The lowest BCUT2D eigenvalue weighted by molar-refractivity contribution is 0.751. The monoisotopic (exact) mass is 302 g/mol. The normalized spacial score (nSPS) is 11.2. The lowest BCUT2D eigenvalue weighted by Crippen LogP contribution is -2.08. The van der Waals surface area contributed by atoms with Crippen molar-refractivity contribution in [2.75, 3.05) is 5.32 Å². The number of anilines is 1. The topological polar surface area (TPSA) is 68.0 Å². The van der Waals surface area contributed by atoms with E-state index in [0.29, 0.717) is 23.9 Å². The highest BCUT2D eigenvalue weighted by Gasteiger charge is 2.14. The molecule has 3 heterocycles. The van der Waals surface area contributed by atoms with Gasteiger partial charge >= 0.3 is 0 Å². The molecule has 3 aromatic rings. The van der Waals surface area contributed by atoms with Gasteiger partial charge in [-0.25, -0.2) is 9.50 Å². The molecule has 7 heteroatoms. The van der Waals surface area contributed by atoms with E-state index >= 15 is 0 Å². The molecule has 0 aliphatic carbocycles. The molecule has 1 N–H and O–H groups in total. The smallest absolute Gasteiger partial charge is 0.243 e. The van der Waals surface area contributed by atoms with E-state index in [1.165, 1.54) is 0 Å². The third-order valence-corrected chi connectivity index (χ3v) is 3.30. The number of nitrogens with zero attached hydrogens (tertiary/aromatic N) is 5. The Labute approximate surface area is 127 Å². The van der Waals surface area contributed by atoms with Crippen molar-refractivity contribution in [2.24, 2.45) is 0 Å². The molecule has 0 radical (unpaired) electrons. The van der Waals surface area contributed by atoms with Gasteiger partial charge in [-0.05, 0) is 29.1 Å². The summed E-state index contributed by atoms with van der Waals surface area (Å²) < 4.78 is 1.74. The molecule has 21 heavy (non-hydrogen) atoms. The largest absolute Gasteiger partial charge is 0.363 e. The van der Waals surface area contributed by atoms with Gasteiger partial charge in [0.1, 0.15) is 0 Å². The quantitative estimate of drug-likeness (QED) is 0.802. The minimum atomic E-state index is 0.191. The van der Waals surface area contributed by atoms with E-state index in [1.807, 2.05) is 12.1 Å². The van der Waals surface area contributed by atoms with Crippen LogP contribution in [0.3, 0.4) is 0 Å². The number of fused-ring (bicyclic) bond motifs is 1. The Hall–Kier alpha value is -2.21. The first kappa shape index (κ1) is 13.8. The summed E-state index contributed by atoms with van der Waals surface area (Å²) in [7, 11) is 0. The van der Waals surface area contributed by atoms with Crippen LogP contribution in [0.4, 0.5) is 5.82 Å². The number of halogens is 1. The number of nitrogens with one attached hydrogen (secondary N) is 1. The van der Waals surface area contributed by atoms with Crippen LogP contribution in [0, 0.1) is 0 Å². The van der Waals surface area contributed by atoms with E-state index in [9.17, 15) is 0 Å². The fourth-order valence-electron chi connectivity index (χ4n) is 2.07. The average Bonchev–Trinajstić information content (AvgIpc) is 2.89. The first-order valence-electron chi connectivity index (χ1n) is 6.69. The summed E-state index contributed by atoms with van der Waals surface area (Å²) in [6.07, 6.45) is 5.35. The van der Waals surface area contributed by atoms with Crippen molar-refractivity contribution in [1.29, 1.82) is 0 Å². The van der Waals surface area contributed by atoms with Gasteiger partial charge in [0.25, 0.3) is 0 Å². The van der Waals surface area contributed by atoms with Gasteiger partial charge in [-0.1, -0.05) is 19.9 Å². The summed E-state index contributed by atoms with van der Waals surface area (Å²) in [4.78, 5) is 12.7. The summed E-state index contributed by atoms with van der Waals surface area (Å²) in [6, 6.07) is 3.89. The number of aromatic nitrogens is 5. The molecular formula is C14H15ClN6. The maximum atomic E-state index is 6.02. The van der Waals surface area contributed by atoms with Gasteiger partial charge in [-0.15, -0.1) is 5.10 Å². The van der Waals surface area contributed by atoms with Crippen molar-refractivity contribution in [3.8, 4) is 0 Å². The second-order valence-electron chi connectivity index (χ2n) is 5.02. The zero-order valence-corrected chi connectivity index (χ0v) is 12.5. The highest BCUT2D eigenvalue weighted by molar-refractivity contribution is 6.28. The van der Waals surface area contributed by atoms with Crippen molar-refractivity contribution in [1.82, 2.24) is 24.6 Å². The van der Waals surface area contributed by atoms with Crippen LogP contribution in [0.2, 0.25) is 5.28 Å². The molecule has 0 amide bonds. The lowest BCUT2D eigenvalue weighted by Gasteiger charge is -2.08. The number of hydrogen-bond acceptors (Lipinski definition) is 5. The van der Waals surface area contributed by atoms with E-state index in [4.69, 9.17) is 11.6 Å². The second-order valence-corrected chi connectivity index (χ2v) is 5.36. The van der Waals surface area contributed by atoms with E-state index < -0.39 is 0 Å². The molecule has 0 aromatic carbocycles. The number of hydrogen-bond donors (Lipinski definition) is 1. The number of imidazole rings is 1.